The first kappa shape index (κ1) is 101. The number of rotatable bonds is 23. The number of carbonyl (C=O) groups excluding carboxylic acids is 5. The van der Waals surface area contributed by atoms with E-state index >= 15 is 0 Å². The molecule has 0 amide bonds. The summed E-state index contributed by atoms with van der Waals surface area (Å²) in [5, 5.41) is 9.91. The van der Waals surface area contributed by atoms with Crippen molar-refractivity contribution >= 4 is 92.9 Å². The summed E-state index contributed by atoms with van der Waals surface area (Å²) in [5.74, 6) is 6.76. The summed E-state index contributed by atoms with van der Waals surface area (Å²) in [4.78, 5) is 78.1. The minimum atomic E-state index is -1.44. The maximum atomic E-state index is 13.2. The standard InChI is InChI=1S/C19H22N2O5.C19H20N2O5.C12H14N2O3.C10H10N2O2.C9H11O2.C6H9ClO3.C6H8N2O.BrH.Mg.Mn.2O/c2*1-11-17(21-7-6-13(23-2)10-16(21)20-11)18(22)12-8-14(24-3)19(26-5)15(9-12)25-4;1-4-17-12(15)11-8(2)13-10-7-9(16-3)5-6-14(10)11;1-7-9(6-13)12-4-3-8(14-2)5-10(12)11-7;1-7-8(10-2)5-4-6-9(7)11-3;1-3-10-6(9)5(7)4(2)8;1-9-5-2-3-8-6(7)4-5;;;;;/h6-10,18,22H,1-5H3;6-10H,1-5H3;5-7H,4H2,1-3H3;3-6H,1-2H3;5-6H,1-3H3;5H,3H2,1-2H3;2-4H,1H3,(H2,7,8);1H;;;;/q;;;;-1;;;;+2;;;/p-1. The number of imidazole rings is 4. The number of alkyl halides is 1. The second kappa shape index (κ2) is 50.1. The van der Waals surface area contributed by atoms with Gasteiger partial charge in [0.1, 0.15) is 74.6 Å². The van der Waals surface area contributed by atoms with Gasteiger partial charge >= 0.3 is 57.5 Å². The third-order valence-corrected chi connectivity index (χ3v) is 17.0. The molecule has 0 spiro atoms. The van der Waals surface area contributed by atoms with Gasteiger partial charge in [-0.3, -0.25) is 27.6 Å². The molecule has 0 bridgehead atoms. The van der Waals surface area contributed by atoms with Gasteiger partial charge in [-0.1, -0.05) is 12.5 Å². The molecule has 3 N–H and O–H groups in total. The van der Waals surface area contributed by atoms with E-state index < -0.39 is 32.3 Å². The number of pyridine rings is 5. The summed E-state index contributed by atoms with van der Waals surface area (Å²) in [6.45, 7) is 14.5. The molecule has 0 saturated carbocycles. The van der Waals surface area contributed by atoms with Gasteiger partial charge in [-0.25, -0.2) is 34.5 Å². The van der Waals surface area contributed by atoms with Gasteiger partial charge < -0.3 is 103 Å². The number of hydrogen-bond acceptors (Lipinski definition) is 29. The molecule has 37 heteroatoms. The minimum absolute atomic E-state index is 0. The van der Waals surface area contributed by atoms with Crippen LogP contribution in [-0.4, -0.2) is 211 Å². The van der Waals surface area contributed by atoms with Gasteiger partial charge in [0.15, 0.2) is 46.1 Å². The number of ether oxygens (including phenoxy) is 15. The van der Waals surface area contributed by atoms with Crippen molar-refractivity contribution in [1.29, 1.82) is 0 Å². The van der Waals surface area contributed by atoms with Crippen molar-refractivity contribution in [2.75, 3.05) is 111 Å². The Balaban J connectivity index is 0.000000365. The number of nitrogens with two attached hydrogens (primary N) is 1. The number of aldehydes is 1. The van der Waals surface area contributed by atoms with Crippen molar-refractivity contribution < 1.29 is 140 Å². The molecule has 3 aromatic carbocycles. The van der Waals surface area contributed by atoms with Gasteiger partial charge in [0.05, 0.1) is 134 Å². The molecule has 0 aliphatic rings. The molecule has 118 heavy (non-hydrogen) atoms. The summed E-state index contributed by atoms with van der Waals surface area (Å²) in [6.07, 6.45) is 8.60. The summed E-state index contributed by atoms with van der Waals surface area (Å²) in [7, 11) is 20.4. The molecular formula is C81H94BrClMgMnN10O23. The fraction of sp³-hybridized carbons (Fsp3) is 0.309. The number of aryl methyl sites for hydroxylation is 4. The Morgan fingerprint density at radius 3 is 1.27 bits per heavy atom. The first-order valence-corrected chi connectivity index (χ1v) is 36.1. The van der Waals surface area contributed by atoms with Crippen LogP contribution in [-0.2, 0) is 41.6 Å². The monoisotopic (exact) mass is 1770 g/mol. The third-order valence-electron chi connectivity index (χ3n) is 16.6. The number of aliphatic hydroxyl groups excluding tert-OH is 1. The number of anilines is 1. The number of fused-ring (bicyclic) bond motifs is 4. The number of aliphatic hydroxyl groups is 1. The fourth-order valence-electron chi connectivity index (χ4n) is 11.0. The normalized spacial score (nSPS) is 10.5. The van der Waals surface area contributed by atoms with E-state index in [1.165, 1.54) is 28.3 Å². The van der Waals surface area contributed by atoms with Gasteiger partial charge in [0.2, 0.25) is 17.3 Å². The Kier molecular flexibility index (Phi) is 42.7. The zero-order chi connectivity index (χ0) is 86.0. The van der Waals surface area contributed by atoms with E-state index in [4.69, 9.17) is 91.3 Å². The molecule has 12 rings (SSSR count). The number of halogens is 2. The Hall–Kier alpha value is -11.7. The van der Waals surface area contributed by atoms with E-state index in [0.29, 0.717) is 126 Å². The van der Waals surface area contributed by atoms with Crippen LogP contribution in [0.15, 0.2) is 128 Å². The van der Waals surface area contributed by atoms with Gasteiger partial charge in [-0.2, -0.15) is 6.07 Å². The van der Waals surface area contributed by atoms with Crippen LogP contribution in [0.2, 0.25) is 0 Å². The molecule has 629 valence electrons. The summed E-state index contributed by atoms with van der Waals surface area (Å²) < 4.78 is 101. The molecule has 9 aromatic heterocycles. The van der Waals surface area contributed by atoms with Crippen LogP contribution < -0.4 is 84.3 Å². The molecule has 0 aliphatic carbocycles. The predicted octanol–water partition coefficient (Wildman–Crippen LogP) is 8.57. The van der Waals surface area contributed by atoms with Crippen molar-refractivity contribution in [3.05, 3.63) is 196 Å². The molecule has 0 fully saturated rings. The topological polar surface area (TPSA) is 386 Å². The van der Waals surface area contributed by atoms with Crippen LogP contribution in [0.5, 0.6) is 74.7 Å². The van der Waals surface area contributed by atoms with Crippen LogP contribution >= 0.6 is 11.6 Å². The van der Waals surface area contributed by atoms with E-state index in [1.54, 1.807) is 222 Å². The van der Waals surface area contributed by atoms with Crippen molar-refractivity contribution in [3.8, 4) is 74.7 Å². The van der Waals surface area contributed by atoms with Crippen LogP contribution in [0.3, 0.4) is 0 Å². The van der Waals surface area contributed by atoms with E-state index in [0.717, 1.165) is 51.9 Å². The van der Waals surface area contributed by atoms with Crippen LogP contribution in [0, 0.1) is 40.7 Å². The van der Waals surface area contributed by atoms with Crippen LogP contribution in [0.25, 0.3) is 22.6 Å². The van der Waals surface area contributed by atoms with Gasteiger partial charge in [0, 0.05) is 78.4 Å². The van der Waals surface area contributed by atoms with Crippen LogP contribution in [0.4, 0.5) is 5.82 Å². The number of nitrogens with zero attached hydrogens (tertiary/aromatic N) is 9. The molecule has 0 aliphatic heterocycles. The Morgan fingerprint density at radius 1 is 0.508 bits per heavy atom. The van der Waals surface area contributed by atoms with Crippen molar-refractivity contribution in [2.24, 2.45) is 0 Å². The van der Waals surface area contributed by atoms with E-state index in [2.05, 4.69) is 35.7 Å². The number of benzene rings is 3. The quantitative estimate of drug-likeness (QED) is 0.0115. The SMILES string of the molecule is CCOC(=O)C(Cl)C(C)=O.CCOC(=O)c1c(C)nc2cc(OC)ccn12.COc1c[c-]cc(OC)c1C.COc1ccn2c(C(=O)c3cc(OC)c(OC)c(OC)c3)c(C)nc2c1.COc1ccn2c(C(O)c3cc(OC)c(OC)c(OC)c3)c(C)nc2c1.COc1ccn2c(C=O)c(C)nc2c1.COc1ccnc(N)c1.[Br-].[Mg+2].[O]=[Mn]=[O]. The molecule has 2 unspecified atom stereocenters. The summed E-state index contributed by atoms with van der Waals surface area (Å²) >= 11 is 3.88. The van der Waals surface area contributed by atoms with E-state index in [1.807, 2.05) is 43.5 Å². The van der Waals surface area contributed by atoms with Gasteiger partial charge in [0.25, 0.3) is 0 Å². The number of aromatic nitrogens is 9. The molecule has 2 atom stereocenters. The maximum absolute atomic E-state index is 13.2. The molecule has 0 radical (unpaired) electrons. The molecular weight excluding hydrogens is 1680 g/mol. The van der Waals surface area contributed by atoms with E-state index in [-0.39, 0.29) is 64.2 Å². The molecule has 0 saturated heterocycles. The number of esters is 2. The van der Waals surface area contributed by atoms with Crippen molar-refractivity contribution in [1.82, 2.24) is 42.5 Å². The number of hydrogen-bond donors (Lipinski definition) is 2. The Bertz CT molecular complexity index is 5290. The molecule has 9 heterocycles. The zero-order valence-corrected chi connectivity index (χ0v) is 74.1. The van der Waals surface area contributed by atoms with Gasteiger partial charge in [-0.05, 0) is 109 Å². The van der Waals surface area contributed by atoms with Gasteiger partial charge in [-0.15, -0.1) is 23.7 Å². The second-order valence-corrected chi connectivity index (χ2v) is 24.1. The number of Topliss-reactive ketones (excluding diaryl/α,β-unsaturated/α-hetero) is 1. The second-order valence-electron chi connectivity index (χ2n) is 23.5. The van der Waals surface area contributed by atoms with Crippen molar-refractivity contribution in [2.45, 2.75) is 66.9 Å². The number of ketones is 2. The number of nitrogen functional groups attached to an aromatic ring is 1. The Labute approximate surface area is 719 Å². The first-order chi connectivity index (χ1) is 55.6. The summed E-state index contributed by atoms with van der Waals surface area (Å²) in [5.41, 5.74) is 15.0. The first-order valence-electron chi connectivity index (χ1n) is 34.7. The van der Waals surface area contributed by atoms with Crippen LogP contribution in [0.1, 0.15) is 104 Å². The average Bonchev–Trinajstić information content (AvgIpc) is 1.59. The predicted molar refractivity (Wildman–Crippen MR) is 429 cm³/mol. The zero-order valence-electron chi connectivity index (χ0n) is 69.1. The third kappa shape index (κ3) is 26.2. The number of carbonyl (C=O) groups is 5. The van der Waals surface area contributed by atoms with E-state index in [9.17, 15) is 29.1 Å². The molecule has 33 nitrogen and oxygen atoms in total. The Morgan fingerprint density at radius 2 is 0.881 bits per heavy atom. The fourth-order valence-corrected chi connectivity index (χ4v) is 11.0. The van der Waals surface area contributed by atoms with Crippen molar-refractivity contribution in [3.63, 3.8) is 0 Å². The average molecular weight is 1770 g/mol. The number of methoxy groups -OCH3 is 13. The summed E-state index contributed by atoms with van der Waals surface area (Å²) in [6, 6.07) is 31.0. The molecule has 12 aromatic rings.